The zero-order valence-corrected chi connectivity index (χ0v) is 15.8. The van der Waals surface area contributed by atoms with Crippen molar-refractivity contribution in [1.82, 2.24) is 9.97 Å². The summed E-state index contributed by atoms with van der Waals surface area (Å²) in [6, 6.07) is 22.0. The molecule has 1 N–H and O–H groups in total. The summed E-state index contributed by atoms with van der Waals surface area (Å²) in [5, 5.41) is 14.5. The highest BCUT2D eigenvalue weighted by molar-refractivity contribution is 7.99. The number of fused-ring (bicyclic) bond motifs is 2. The molecule has 0 aliphatic rings. The Morgan fingerprint density at radius 2 is 1.67 bits per heavy atom. The Hall–Kier alpha value is -2.63. The van der Waals surface area contributed by atoms with Crippen molar-refractivity contribution in [3.63, 3.8) is 0 Å². The summed E-state index contributed by atoms with van der Waals surface area (Å²) in [6.07, 6.45) is -0.594. The Labute approximate surface area is 162 Å². The van der Waals surface area contributed by atoms with Crippen LogP contribution in [-0.4, -0.2) is 33.5 Å². The maximum atomic E-state index is 10.4. The maximum absolute atomic E-state index is 10.4. The molecule has 0 saturated heterocycles. The number of para-hydroxylation sites is 1. The Kier molecular flexibility index (Phi) is 5.23. The molecule has 1 aromatic heterocycles. The highest BCUT2D eigenvalue weighted by Crippen LogP contribution is 2.27. The highest BCUT2D eigenvalue weighted by Gasteiger charge is 2.11. The van der Waals surface area contributed by atoms with Crippen LogP contribution in [0.5, 0.6) is 5.75 Å². The second-order valence-corrected chi connectivity index (χ2v) is 7.35. The lowest BCUT2D eigenvalue weighted by Gasteiger charge is -2.14. The fourth-order valence-electron chi connectivity index (χ4n) is 3.00. The number of aromatic nitrogens is 2. The minimum atomic E-state index is -0.594. The van der Waals surface area contributed by atoms with E-state index in [4.69, 9.17) is 4.74 Å². The summed E-state index contributed by atoms with van der Waals surface area (Å²) in [7, 11) is 0. The second kappa shape index (κ2) is 7.94. The van der Waals surface area contributed by atoms with E-state index in [1.807, 2.05) is 61.5 Å². The molecule has 0 aliphatic heterocycles. The molecule has 0 saturated carbocycles. The van der Waals surface area contributed by atoms with Gasteiger partial charge < -0.3 is 9.84 Å². The smallest absolute Gasteiger partial charge is 0.127 e. The van der Waals surface area contributed by atoms with Crippen LogP contribution in [0.25, 0.3) is 21.7 Å². The van der Waals surface area contributed by atoms with Gasteiger partial charge in [0.25, 0.3) is 0 Å². The number of nitrogens with zero attached hydrogens (tertiary/aromatic N) is 2. The summed E-state index contributed by atoms with van der Waals surface area (Å²) >= 11 is 1.53. The summed E-state index contributed by atoms with van der Waals surface area (Å²) in [5.74, 6) is 2.03. The zero-order valence-electron chi connectivity index (χ0n) is 15.0. The van der Waals surface area contributed by atoms with Gasteiger partial charge in [-0.25, -0.2) is 9.97 Å². The quantitative estimate of drug-likeness (QED) is 0.393. The molecule has 4 aromatic rings. The predicted octanol–water partition coefficient (Wildman–Crippen LogP) is 4.62. The van der Waals surface area contributed by atoms with Crippen LogP contribution in [0, 0.1) is 6.92 Å². The van der Waals surface area contributed by atoms with E-state index < -0.39 is 6.10 Å². The van der Waals surface area contributed by atoms with Gasteiger partial charge in [-0.2, -0.15) is 0 Å². The number of ether oxygens (including phenoxy) is 1. The van der Waals surface area contributed by atoms with Crippen LogP contribution in [0.4, 0.5) is 0 Å². The standard InChI is InChI=1S/C22H20N2O2S/c1-15-23-20-11-5-4-10-19(20)22(24-15)27-14-17(25)13-26-21-12-6-8-16-7-2-3-9-18(16)21/h2-12,17,25H,13-14H2,1H3/t17-/m0/s1. The fourth-order valence-corrected chi connectivity index (χ4v) is 3.97. The Balaban J connectivity index is 1.42. The van der Waals surface area contributed by atoms with E-state index in [1.165, 1.54) is 11.8 Å². The molecule has 1 atom stereocenters. The van der Waals surface area contributed by atoms with Crippen LogP contribution in [0.2, 0.25) is 0 Å². The minimum absolute atomic E-state index is 0.239. The van der Waals surface area contributed by atoms with E-state index in [-0.39, 0.29) is 6.61 Å². The molecule has 0 spiro atoms. The number of hydrogen-bond donors (Lipinski definition) is 1. The molecular formula is C22H20N2O2S. The molecule has 0 amide bonds. The van der Waals surface area contributed by atoms with Gasteiger partial charge in [0.2, 0.25) is 0 Å². The van der Waals surface area contributed by atoms with E-state index in [2.05, 4.69) is 22.1 Å². The van der Waals surface area contributed by atoms with Gasteiger partial charge >= 0.3 is 0 Å². The third-order valence-electron chi connectivity index (χ3n) is 4.27. The van der Waals surface area contributed by atoms with Gasteiger partial charge in [0, 0.05) is 16.5 Å². The number of rotatable bonds is 6. The van der Waals surface area contributed by atoms with Crippen LogP contribution in [0.15, 0.2) is 71.8 Å². The molecule has 0 unspecified atom stereocenters. The normalized spacial score (nSPS) is 12.4. The molecule has 3 aromatic carbocycles. The first kappa shape index (κ1) is 17.8. The van der Waals surface area contributed by atoms with E-state index in [0.717, 1.165) is 38.3 Å². The predicted molar refractivity (Wildman–Crippen MR) is 110 cm³/mol. The van der Waals surface area contributed by atoms with Crippen LogP contribution in [0.1, 0.15) is 5.82 Å². The molecule has 0 fully saturated rings. The van der Waals surface area contributed by atoms with Crippen LogP contribution in [0.3, 0.4) is 0 Å². The van der Waals surface area contributed by atoms with Crippen LogP contribution >= 0.6 is 11.8 Å². The van der Waals surface area contributed by atoms with Crippen molar-refractivity contribution in [2.75, 3.05) is 12.4 Å². The molecule has 4 nitrogen and oxygen atoms in total. The topological polar surface area (TPSA) is 55.2 Å². The first-order chi connectivity index (χ1) is 13.2. The molecule has 136 valence electrons. The Morgan fingerprint density at radius 1 is 0.926 bits per heavy atom. The third kappa shape index (κ3) is 4.04. The number of aliphatic hydroxyl groups excluding tert-OH is 1. The van der Waals surface area contributed by atoms with Crippen molar-refractivity contribution in [1.29, 1.82) is 0 Å². The summed E-state index contributed by atoms with van der Waals surface area (Å²) in [5.41, 5.74) is 0.925. The lowest BCUT2D eigenvalue weighted by molar-refractivity contribution is 0.127. The number of aliphatic hydroxyl groups is 1. The largest absolute Gasteiger partial charge is 0.490 e. The summed E-state index contributed by atoms with van der Waals surface area (Å²) < 4.78 is 5.88. The van der Waals surface area contributed by atoms with Crippen molar-refractivity contribution >= 4 is 33.4 Å². The SMILES string of the molecule is Cc1nc(SC[C@@H](O)COc2cccc3ccccc23)c2ccccc2n1. The first-order valence-electron chi connectivity index (χ1n) is 8.85. The Bertz CT molecular complexity index is 1080. The van der Waals surface area contributed by atoms with Gasteiger partial charge in [-0.15, -0.1) is 11.8 Å². The minimum Gasteiger partial charge on any atom is -0.490 e. The van der Waals surface area contributed by atoms with E-state index >= 15 is 0 Å². The molecule has 27 heavy (non-hydrogen) atoms. The number of benzene rings is 3. The third-order valence-corrected chi connectivity index (χ3v) is 5.41. The molecule has 0 bridgehead atoms. The summed E-state index contributed by atoms with van der Waals surface area (Å²) in [6.45, 7) is 2.12. The molecule has 5 heteroatoms. The maximum Gasteiger partial charge on any atom is 0.127 e. The number of aryl methyl sites for hydroxylation is 1. The first-order valence-corrected chi connectivity index (χ1v) is 9.84. The Morgan fingerprint density at radius 3 is 2.56 bits per heavy atom. The van der Waals surface area contributed by atoms with E-state index in [0.29, 0.717) is 5.75 Å². The van der Waals surface area contributed by atoms with Gasteiger partial charge in [0.05, 0.1) is 11.6 Å². The van der Waals surface area contributed by atoms with Crippen molar-refractivity contribution in [3.05, 3.63) is 72.6 Å². The summed E-state index contributed by atoms with van der Waals surface area (Å²) in [4.78, 5) is 8.99. The van der Waals surface area contributed by atoms with E-state index in [9.17, 15) is 5.11 Å². The average Bonchev–Trinajstić information content (AvgIpc) is 2.70. The van der Waals surface area contributed by atoms with Crippen LogP contribution < -0.4 is 4.74 Å². The van der Waals surface area contributed by atoms with Gasteiger partial charge in [-0.1, -0.05) is 54.6 Å². The fraction of sp³-hybridized carbons (Fsp3) is 0.182. The molecular weight excluding hydrogens is 356 g/mol. The van der Waals surface area contributed by atoms with Gasteiger partial charge in [0.1, 0.15) is 23.2 Å². The average molecular weight is 376 g/mol. The molecule has 0 aliphatic carbocycles. The second-order valence-electron chi connectivity index (χ2n) is 6.35. The highest BCUT2D eigenvalue weighted by atomic mass is 32.2. The molecule has 1 heterocycles. The lowest BCUT2D eigenvalue weighted by atomic mass is 10.1. The van der Waals surface area contributed by atoms with Crippen molar-refractivity contribution in [3.8, 4) is 5.75 Å². The monoisotopic (exact) mass is 376 g/mol. The van der Waals surface area contributed by atoms with Gasteiger partial charge in [0.15, 0.2) is 0 Å². The lowest BCUT2D eigenvalue weighted by Crippen LogP contribution is -2.20. The van der Waals surface area contributed by atoms with Crippen molar-refractivity contribution < 1.29 is 9.84 Å². The van der Waals surface area contributed by atoms with Crippen molar-refractivity contribution in [2.24, 2.45) is 0 Å². The van der Waals surface area contributed by atoms with E-state index in [1.54, 1.807) is 0 Å². The molecule has 0 radical (unpaired) electrons. The number of hydrogen-bond acceptors (Lipinski definition) is 5. The van der Waals surface area contributed by atoms with Crippen molar-refractivity contribution in [2.45, 2.75) is 18.1 Å². The zero-order chi connectivity index (χ0) is 18.6. The van der Waals surface area contributed by atoms with Gasteiger partial charge in [-0.3, -0.25) is 0 Å². The van der Waals surface area contributed by atoms with Gasteiger partial charge in [-0.05, 0) is 24.4 Å². The number of thioether (sulfide) groups is 1. The van der Waals surface area contributed by atoms with Crippen LogP contribution in [-0.2, 0) is 0 Å². The molecule has 4 rings (SSSR count).